The smallest absolute Gasteiger partial charge is 0.418 e. The molecule has 1 aliphatic carbocycles. The van der Waals surface area contributed by atoms with E-state index in [4.69, 9.17) is 0 Å². The Morgan fingerprint density at radius 3 is 1.79 bits per heavy atom. The zero-order valence-corrected chi connectivity index (χ0v) is 20.9. The van der Waals surface area contributed by atoms with Gasteiger partial charge in [-0.15, -0.1) is 0 Å². The number of pyridine rings is 1. The van der Waals surface area contributed by atoms with E-state index in [2.05, 4.69) is 127 Å². The Balaban J connectivity index is 0.000000540. The van der Waals surface area contributed by atoms with Crippen LogP contribution in [-0.2, 0) is 12.8 Å². The van der Waals surface area contributed by atoms with Gasteiger partial charge in [0, 0.05) is 29.3 Å². The number of fused-ring (bicyclic) bond motifs is 3. The molecular formula is C32H26BF4N. The van der Waals surface area contributed by atoms with Gasteiger partial charge in [0.25, 0.3) is 0 Å². The van der Waals surface area contributed by atoms with E-state index in [1.807, 2.05) is 0 Å². The van der Waals surface area contributed by atoms with Gasteiger partial charge in [0.1, 0.15) is 0 Å². The van der Waals surface area contributed by atoms with E-state index in [0.717, 1.165) is 12.8 Å². The third-order valence-electron chi connectivity index (χ3n) is 6.72. The van der Waals surface area contributed by atoms with E-state index < -0.39 is 7.25 Å². The highest BCUT2D eigenvalue weighted by Crippen LogP contribution is 2.39. The molecule has 1 nitrogen and oxygen atoms in total. The van der Waals surface area contributed by atoms with Crippen LogP contribution in [0.25, 0.3) is 39.3 Å². The Morgan fingerprint density at radius 1 is 0.605 bits per heavy atom. The van der Waals surface area contributed by atoms with Crippen LogP contribution in [0.4, 0.5) is 17.3 Å². The molecule has 0 N–H and O–H groups in total. The predicted molar refractivity (Wildman–Crippen MR) is 147 cm³/mol. The van der Waals surface area contributed by atoms with E-state index >= 15 is 0 Å². The third kappa shape index (κ3) is 5.54. The predicted octanol–water partition coefficient (Wildman–Crippen LogP) is 8.67. The number of aromatic nitrogens is 1. The average Bonchev–Trinajstić information content (AvgIpc) is 2.92. The lowest BCUT2D eigenvalue weighted by Crippen LogP contribution is -2.39. The topological polar surface area (TPSA) is 3.88 Å². The molecular weight excluding hydrogens is 485 g/mol. The minimum absolute atomic E-state index is 1.04. The van der Waals surface area contributed by atoms with Crippen LogP contribution in [0.2, 0.25) is 0 Å². The molecule has 0 unspecified atom stereocenters. The summed E-state index contributed by atoms with van der Waals surface area (Å²) in [4.78, 5) is 0. The summed E-state index contributed by atoms with van der Waals surface area (Å²) in [7, 11) is -6.00. The van der Waals surface area contributed by atoms with Crippen molar-refractivity contribution in [2.24, 2.45) is 0 Å². The van der Waals surface area contributed by atoms with Crippen molar-refractivity contribution in [3.05, 3.63) is 132 Å². The van der Waals surface area contributed by atoms with E-state index in [1.165, 1.54) is 56.0 Å². The van der Waals surface area contributed by atoms with Gasteiger partial charge in [-0.1, -0.05) is 84.4 Å². The molecule has 0 saturated heterocycles. The second kappa shape index (κ2) is 10.7. The Hall–Kier alpha value is -4.19. The Kier molecular flexibility index (Phi) is 7.14. The Labute approximate surface area is 220 Å². The molecule has 0 saturated carbocycles. The molecule has 0 fully saturated rings. The van der Waals surface area contributed by atoms with Gasteiger partial charge in [-0.05, 0) is 54.7 Å². The molecule has 4 aromatic carbocycles. The van der Waals surface area contributed by atoms with Gasteiger partial charge >= 0.3 is 7.25 Å². The zero-order valence-electron chi connectivity index (χ0n) is 20.9. The summed E-state index contributed by atoms with van der Waals surface area (Å²) in [5.74, 6) is 0. The quantitative estimate of drug-likeness (QED) is 0.130. The summed E-state index contributed by atoms with van der Waals surface area (Å²) in [5, 5.41) is 0. The highest BCUT2D eigenvalue weighted by molar-refractivity contribution is 6.50. The number of benzene rings is 4. The van der Waals surface area contributed by atoms with Crippen LogP contribution in [0.5, 0.6) is 0 Å². The standard InChI is InChI=1S/C32H26N.BF4/c1-23-16-19-27(20-17-23)33-31(26-13-6-3-7-14-26)22-30(24-10-4-2-5-11-24)29-21-18-25-12-8-9-15-28(25)32(29)33;2-1(3,4)5/h2-17,19-20,22H,18,21H2,1H3;/q+1;-1. The molecule has 0 amide bonds. The maximum absolute atomic E-state index is 9.75. The molecule has 5 aromatic rings. The minimum Gasteiger partial charge on any atom is -0.418 e. The summed E-state index contributed by atoms with van der Waals surface area (Å²) < 4.78 is 41.5. The second-order valence-corrected chi connectivity index (χ2v) is 9.33. The second-order valence-electron chi connectivity index (χ2n) is 9.33. The van der Waals surface area contributed by atoms with Crippen molar-refractivity contribution < 1.29 is 21.8 Å². The molecule has 6 rings (SSSR count). The van der Waals surface area contributed by atoms with Gasteiger partial charge < -0.3 is 17.3 Å². The average molecular weight is 511 g/mol. The highest BCUT2D eigenvalue weighted by atomic mass is 19.5. The van der Waals surface area contributed by atoms with Crippen LogP contribution in [0.1, 0.15) is 16.7 Å². The summed E-state index contributed by atoms with van der Waals surface area (Å²) in [6.45, 7) is 2.15. The fourth-order valence-electron chi connectivity index (χ4n) is 5.10. The number of hydrogen-bond acceptors (Lipinski definition) is 0. The molecule has 1 heterocycles. The van der Waals surface area contributed by atoms with Crippen LogP contribution in [0.3, 0.4) is 0 Å². The van der Waals surface area contributed by atoms with Crippen LogP contribution >= 0.6 is 0 Å². The normalized spacial score (nSPS) is 12.1. The molecule has 0 spiro atoms. The fourth-order valence-corrected chi connectivity index (χ4v) is 5.10. The van der Waals surface area contributed by atoms with Gasteiger partial charge in [-0.3, -0.25) is 0 Å². The first-order chi connectivity index (χ1) is 18.3. The zero-order chi connectivity index (χ0) is 26.7. The monoisotopic (exact) mass is 511 g/mol. The summed E-state index contributed by atoms with van der Waals surface area (Å²) in [6.07, 6.45) is 2.11. The van der Waals surface area contributed by atoms with E-state index in [9.17, 15) is 17.3 Å². The molecule has 0 aliphatic heterocycles. The summed E-state index contributed by atoms with van der Waals surface area (Å²) in [5.41, 5.74) is 13.0. The fraction of sp³-hybridized carbons (Fsp3) is 0.0938. The van der Waals surface area contributed by atoms with Crippen molar-refractivity contribution in [3.8, 4) is 39.3 Å². The van der Waals surface area contributed by atoms with Crippen molar-refractivity contribution in [3.63, 3.8) is 0 Å². The summed E-state index contributed by atoms with van der Waals surface area (Å²) >= 11 is 0. The molecule has 0 bridgehead atoms. The Bertz CT molecular complexity index is 1540. The number of halogens is 4. The highest BCUT2D eigenvalue weighted by Gasteiger charge is 2.33. The van der Waals surface area contributed by atoms with Crippen LogP contribution in [0.15, 0.2) is 115 Å². The van der Waals surface area contributed by atoms with Crippen molar-refractivity contribution >= 4 is 7.25 Å². The first-order valence-electron chi connectivity index (χ1n) is 12.5. The number of nitrogens with zero attached hydrogens (tertiary/aromatic N) is 1. The SMILES string of the molecule is Cc1ccc(-[n+]2c(-c3ccccc3)cc(-c3ccccc3)c3c2-c2ccccc2CC3)cc1.F[B-](F)(F)F. The molecule has 190 valence electrons. The van der Waals surface area contributed by atoms with Crippen molar-refractivity contribution in [1.82, 2.24) is 0 Å². The largest absolute Gasteiger partial charge is 0.673 e. The van der Waals surface area contributed by atoms with Crippen LogP contribution in [-0.4, -0.2) is 7.25 Å². The number of hydrogen-bond donors (Lipinski definition) is 0. The maximum Gasteiger partial charge on any atom is 0.673 e. The molecule has 6 heteroatoms. The van der Waals surface area contributed by atoms with Gasteiger partial charge in [-0.2, -0.15) is 4.57 Å². The van der Waals surface area contributed by atoms with Crippen molar-refractivity contribution in [1.29, 1.82) is 0 Å². The van der Waals surface area contributed by atoms with E-state index in [1.54, 1.807) is 0 Å². The first-order valence-corrected chi connectivity index (χ1v) is 12.5. The lowest BCUT2D eigenvalue weighted by Gasteiger charge is -2.23. The number of rotatable bonds is 3. The first kappa shape index (κ1) is 25.5. The number of aryl methyl sites for hydroxylation is 2. The lowest BCUT2D eigenvalue weighted by atomic mass is 9.83. The van der Waals surface area contributed by atoms with Crippen LogP contribution < -0.4 is 4.57 Å². The van der Waals surface area contributed by atoms with E-state index in [-0.39, 0.29) is 0 Å². The van der Waals surface area contributed by atoms with Crippen LogP contribution in [0, 0.1) is 6.92 Å². The summed E-state index contributed by atoms with van der Waals surface area (Å²) in [6, 6.07) is 41.9. The van der Waals surface area contributed by atoms with E-state index in [0.29, 0.717) is 0 Å². The van der Waals surface area contributed by atoms with Gasteiger partial charge in [0.15, 0.2) is 0 Å². The molecule has 38 heavy (non-hydrogen) atoms. The molecule has 1 aliphatic rings. The lowest BCUT2D eigenvalue weighted by molar-refractivity contribution is -0.572. The minimum atomic E-state index is -6.00. The van der Waals surface area contributed by atoms with Gasteiger partial charge in [0.05, 0.1) is 5.56 Å². The third-order valence-corrected chi connectivity index (χ3v) is 6.72. The maximum atomic E-state index is 9.75. The molecule has 0 atom stereocenters. The van der Waals surface area contributed by atoms with Crippen molar-refractivity contribution in [2.75, 3.05) is 0 Å². The molecule has 1 aromatic heterocycles. The van der Waals surface area contributed by atoms with Gasteiger partial charge in [-0.25, -0.2) is 0 Å². The van der Waals surface area contributed by atoms with Crippen molar-refractivity contribution in [2.45, 2.75) is 19.8 Å². The Morgan fingerprint density at radius 2 is 1.16 bits per heavy atom. The molecule has 0 radical (unpaired) electrons. The van der Waals surface area contributed by atoms with Gasteiger partial charge in [0.2, 0.25) is 17.1 Å².